The van der Waals surface area contributed by atoms with Crippen LogP contribution in [0.5, 0.6) is 11.5 Å². The maximum absolute atomic E-state index is 5.58. The van der Waals surface area contributed by atoms with Gasteiger partial charge in [-0.15, -0.1) is 0 Å². The molecule has 0 saturated carbocycles. The second-order valence-corrected chi connectivity index (χ2v) is 7.02. The highest BCUT2D eigenvalue weighted by molar-refractivity contribution is 5.73. The lowest BCUT2D eigenvalue weighted by atomic mass is 10.0. The average molecular weight is 361 g/mol. The van der Waals surface area contributed by atoms with E-state index in [9.17, 15) is 0 Å². The molecule has 0 bridgehead atoms. The van der Waals surface area contributed by atoms with Gasteiger partial charge in [-0.05, 0) is 55.5 Å². The van der Waals surface area contributed by atoms with Crippen LogP contribution in [0.2, 0.25) is 0 Å². The van der Waals surface area contributed by atoms with E-state index in [2.05, 4.69) is 47.3 Å². The summed E-state index contributed by atoms with van der Waals surface area (Å²) in [7, 11) is 0. The van der Waals surface area contributed by atoms with Gasteiger partial charge in [0.05, 0.1) is 11.4 Å². The number of benzene rings is 2. The van der Waals surface area contributed by atoms with Crippen molar-refractivity contribution in [2.24, 2.45) is 0 Å². The lowest BCUT2D eigenvalue weighted by Gasteiger charge is -2.12. The lowest BCUT2D eigenvalue weighted by Crippen LogP contribution is -2.08. The number of fused-ring (bicyclic) bond motifs is 2. The molecule has 0 saturated heterocycles. The largest absolute Gasteiger partial charge is 0.454 e. The van der Waals surface area contributed by atoms with E-state index in [0.717, 1.165) is 53.6 Å². The summed E-state index contributed by atoms with van der Waals surface area (Å²) in [5.74, 6) is 2.73. The number of hydrogen-bond donors (Lipinski definition) is 1. The molecule has 0 fully saturated rings. The zero-order chi connectivity index (χ0) is 18.2. The van der Waals surface area contributed by atoms with Gasteiger partial charge in [-0.25, -0.2) is 4.68 Å². The van der Waals surface area contributed by atoms with Crippen LogP contribution in [0.4, 0.5) is 5.82 Å². The maximum atomic E-state index is 5.58. The Morgan fingerprint density at radius 1 is 1.07 bits per heavy atom. The van der Waals surface area contributed by atoms with Crippen LogP contribution < -0.4 is 14.8 Å². The molecule has 0 atom stereocenters. The number of nitrogens with zero attached hydrogens (tertiary/aromatic N) is 2. The Hall–Kier alpha value is -2.95. The van der Waals surface area contributed by atoms with Gasteiger partial charge in [0.1, 0.15) is 5.82 Å². The van der Waals surface area contributed by atoms with Crippen LogP contribution in [0.25, 0.3) is 16.9 Å². The highest BCUT2D eigenvalue weighted by atomic mass is 16.7. The van der Waals surface area contributed by atoms with Crippen molar-refractivity contribution in [3.63, 3.8) is 0 Å². The van der Waals surface area contributed by atoms with Gasteiger partial charge in [-0.3, -0.25) is 0 Å². The summed E-state index contributed by atoms with van der Waals surface area (Å²) >= 11 is 0. The topological polar surface area (TPSA) is 48.3 Å². The Balaban J connectivity index is 1.69. The zero-order valence-corrected chi connectivity index (χ0v) is 15.5. The molecule has 27 heavy (non-hydrogen) atoms. The minimum absolute atomic E-state index is 0.288. The third-order valence-electron chi connectivity index (χ3n) is 5.38. The molecule has 5 rings (SSSR count). The smallest absolute Gasteiger partial charge is 0.231 e. The number of aromatic nitrogens is 2. The summed E-state index contributed by atoms with van der Waals surface area (Å²) in [6, 6.07) is 14.6. The molecule has 3 aromatic rings. The van der Waals surface area contributed by atoms with Crippen molar-refractivity contribution in [1.29, 1.82) is 0 Å². The van der Waals surface area contributed by atoms with E-state index in [0.29, 0.717) is 0 Å². The quantitative estimate of drug-likeness (QED) is 0.742. The van der Waals surface area contributed by atoms with E-state index >= 15 is 0 Å². The van der Waals surface area contributed by atoms with Gasteiger partial charge in [0, 0.05) is 17.7 Å². The third-order valence-corrected chi connectivity index (χ3v) is 5.38. The predicted molar refractivity (Wildman–Crippen MR) is 106 cm³/mol. The summed E-state index contributed by atoms with van der Waals surface area (Å²) < 4.78 is 13.1. The van der Waals surface area contributed by atoms with Crippen LogP contribution in [0.15, 0.2) is 42.5 Å². The number of para-hydroxylation sites is 1. The number of aryl methyl sites for hydroxylation is 1. The monoisotopic (exact) mass is 361 g/mol. The van der Waals surface area contributed by atoms with Gasteiger partial charge >= 0.3 is 0 Å². The molecule has 2 aliphatic heterocycles. The van der Waals surface area contributed by atoms with Gasteiger partial charge in [0.2, 0.25) is 6.79 Å². The molecule has 1 N–H and O–H groups in total. The maximum Gasteiger partial charge on any atom is 0.231 e. The summed E-state index contributed by atoms with van der Waals surface area (Å²) in [5, 5.41) is 8.70. The van der Waals surface area contributed by atoms with Crippen molar-refractivity contribution in [2.45, 2.75) is 32.6 Å². The van der Waals surface area contributed by atoms with Crippen molar-refractivity contribution in [1.82, 2.24) is 9.78 Å². The molecular formula is C22H23N3O2. The second-order valence-electron chi connectivity index (χ2n) is 7.02. The molecule has 5 nitrogen and oxygen atoms in total. The molecule has 0 amide bonds. The first-order valence-corrected chi connectivity index (χ1v) is 9.69. The molecule has 2 aliphatic rings. The van der Waals surface area contributed by atoms with E-state index in [4.69, 9.17) is 14.6 Å². The van der Waals surface area contributed by atoms with Crippen molar-refractivity contribution < 1.29 is 9.47 Å². The molecule has 5 heteroatoms. The summed E-state index contributed by atoms with van der Waals surface area (Å²) in [5.41, 5.74) is 5.84. The van der Waals surface area contributed by atoms with Crippen LogP contribution in [0.3, 0.4) is 0 Å². The highest BCUT2D eigenvalue weighted by Crippen LogP contribution is 2.39. The Kier molecular flexibility index (Phi) is 4.00. The molecule has 0 unspecified atom stereocenters. The normalized spacial score (nSPS) is 15.1. The molecule has 3 heterocycles. The van der Waals surface area contributed by atoms with Crippen molar-refractivity contribution in [2.75, 3.05) is 18.7 Å². The number of rotatable bonds is 3. The molecule has 1 aromatic heterocycles. The number of nitrogens with one attached hydrogen (secondary N) is 1. The summed E-state index contributed by atoms with van der Waals surface area (Å²) in [6.07, 6.45) is 4.34. The minimum Gasteiger partial charge on any atom is -0.454 e. The second kappa shape index (κ2) is 6.65. The predicted octanol–water partition coefficient (Wildman–Crippen LogP) is 4.58. The van der Waals surface area contributed by atoms with Gasteiger partial charge in [-0.1, -0.05) is 25.1 Å². The Bertz CT molecular complexity index is 993. The van der Waals surface area contributed by atoms with Gasteiger partial charge in [-0.2, -0.15) is 5.10 Å². The molecule has 0 spiro atoms. The van der Waals surface area contributed by atoms with E-state index in [-0.39, 0.29) is 6.79 Å². The lowest BCUT2D eigenvalue weighted by molar-refractivity contribution is 0.174. The molecule has 0 aliphatic carbocycles. The average Bonchev–Trinajstić information content (AvgIpc) is 3.24. The van der Waals surface area contributed by atoms with Crippen LogP contribution in [0, 0.1) is 0 Å². The Morgan fingerprint density at radius 3 is 2.89 bits per heavy atom. The number of anilines is 1. The number of ether oxygens (including phenoxy) is 2. The third kappa shape index (κ3) is 2.74. The standard InChI is InChI=1S/C22H23N3O2/c1-2-15-7-3-4-9-18(15)25-22-17(8-5-6-12-23-22)21(24-25)16-10-11-19-20(13-16)27-14-26-19/h3-4,7,9-11,13,23H,2,5-6,8,12,14H2,1H3. The fourth-order valence-corrected chi connectivity index (χ4v) is 3.97. The van der Waals surface area contributed by atoms with Crippen LogP contribution >= 0.6 is 0 Å². The van der Waals surface area contributed by atoms with E-state index in [1.165, 1.54) is 24.0 Å². The Labute approximate surface area is 158 Å². The number of hydrogen-bond acceptors (Lipinski definition) is 4. The van der Waals surface area contributed by atoms with Crippen LogP contribution in [0.1, 0.15) is 30.9 Å². The molecule has 138 valence electrons. The minimum atomic E-state index is 0.288. The van der Waals surface area contributed by atoms with Crippen molar-refractivity contribution in [3.05, 3.63) is 53.6 Å². The summed E-state index contributed by atoms with van der Waals surface area (Å²) in [4.78, 5) is 0. The van der Waals surface area contributed by atoms with Gasteiger partial charge < -0.3 is 14.8 Å². The van der Waals surface area contributed by atoms with Gasteiger partial charge in [0.25, 0.3) is 0 Å². The van der Waals surface area contributed by atoms with E-state index < -0.39 is 0 Å². The molecular weight excluding hydrogens is 338 g/mol. The highest BCUT2D eigenvalue weighted by Gasteiger charge is 2.24. The first kappa shape index (κ1) is 16.2. The molecule has 0 radical (unpaired) electrons. The SMILES string of the molecule is CCc1ccccc1-n1nc(-c2ccc3c(c2)OCO3)c2c1NCCCC2. The Morgan fingerprint density at radius 2 is 1.96 bits per heavy atom. The van der Waals surface area contributed by atoms with Crippen molar-refractivity contribution >= 4 is 5.82 Å². The van der Waals surface area contributed by atoms with Crippen molar-refractivity contribution in [3.8, 4) is 28.4 Å². The first-order valence-electron chi connectivity index (χ1n) is 9.69. The van der Waals surface area contributed by atoms with Crippen LogP contribution in [-0.4, -0.2) is 23.1 Å². The fraction of sp³-hybridized carbons (Fsp3) is 0.318. The van der Waals surface area contributed by atoms with E-state index in [1.807, 2.05) is 12.1 Å². The summed E-state index contributed by atoms with van der Waals surface area (Å²) in [6.45, 7) is 3.46. The fourth-order valence-electron chi connectivity index (χ4n) is 3.97. The van der Waals surface area contributed by atoms with Gasteiger partial charge in [0.15, 0.2) is 11.5 Å². The van der Waals surface area contributed by atoms with Crippen LogP contribution in [-0.2, 0) is 12.8 Å². The first-order chi connectivity index (χ1) is 13.3. The zero-order valence-electron chi connectivity index (χ0n) is 15.5. The van der Waals surface area contributed by atoms with E-state index in [1.54, 1.807) is 0 Å². The molecule has 2 aromatic carbocycles.